The average Bonchev–Trinajstić information content (AvgIpc) is 2.95. The lowest BCUT2D eigenvalue weighted by Gasteiger charge is -2.29. The van der Waals surface area contributed by atoms with E-state index in [9.17, 15) is 37.1 Å². The highest BCUT2D eigenvalue weighted by Crippen LogP contribution is 2.23. The molecule has 2 aromatic carbocycles. The van der Waals surface area contributed by atoms with Gasteiger partial charge in [-0.15, -0.1) is 0 Å². The fraction of sp³-hybridized carbons (Fsp3) is 0.286. The third-order valence-corrected chi connectivity index (χ3v) is 6.47. The van der Waals surface area contributed by atoms with Gasteiger partial charge in [0.15, 0.2) is 0 Å². The van der Waals surface area contributed by atoms with Crippen LogP contribution in [0.5, 0.6) is 0 Å². The Balaban J connectivity index is 1.72. The first-order valence-electron chi connectivity index (χ1n) is 12.5. The molecule has 10 nitrogen and oxygen atoms in total. The number of aromatic nitrogens is 2. The minimum Gasteiger partial charge on any atom is -0.372 e. The van der Waals surface area contributed by atoms with E-state index in [2.05, 4.69) is 10.3 Å². The Kier molecular flexibility index (Phi) is 8.77. The van der Waals surface area contributed by atoms with E-state index >= 15 is 0 Å². The van der Waals surface area contributed by atoms with Crippen LogP contribution in [0.25, 0.3) is 11.4 Å². The summed E-state index contributed by atoms with van der Waals surface area (Å²) in [4.78, 5) is 69.4. The largest absolute Gasteiger partial charge is 0.452 e. The SMILES string of the molecule is COC1CCC(=O)N(c2cnc(-c3ccccc3)n(CC(=O)NC(Cc3ccccc3)C(=O)C(F)(F)F)c2=O)C1=O. The zero-order valence-electron chi connectivity index (χ0n) is 21.8. The number of carbonyl (C=O) groups is 4. The Morgan fingerprint density at radius 2 is 1.68 bits per heavy atom. The summed E-state index contributed by atoms with van der Waals surface area (Å²) in [5, 5.41) is 2.10. The lowest BCUT2D eigenvalue weighted by atomic mass is 10.0. The first kappa shape index (κ1) is 29.3. The number of imide groups is 1. The second-order valence-corrected chi connectivity index (χ2v) is 9.23. The van der Waals surface area contributed by atoms with Crippen LogP contribution >= 0.6 is 0 Å². The third kappa shape index (κ3) is 6.57. The van der Waals surface area contributed by atoms with Gasteiger partial charge in [0, 0.05) is 25.5 Å². The van der Waals surface area contributed by atoms with Gasteiger partial charge in [-0.3, -0.25) is 28.5 Å². The Labute approximate surface area is 231 Å². The number of ether oxygens (including phenoxy) is 1. The van der Waals surface area contributed by atoms with Crippen molar-refractivity contribution in [1.29, 1.82) is 0 Å². The maximum Gasteiger partial charge on any atom is 0.452 e. The number of piperidine rings is 1. The number of carbonyl (C=O) groups excluding carboxylic acids is 4. The number of benzene rings is 2. The number of nitrogens with zero attached hydrogens (tertiary/aromatic N) is 3. The van der Waals surface area contributed by atoms with Crippen LogP contribution in [0.1, 0.15) is 18.4 Å². The Hall–Kier alpha value is -4.65. The van der Waals surface area contributed by atoms with Crippen LogP contribution < -0.4 is 15.8 Å². The van der Waals surface area contributed by atoms with Gasteiger partial charge in [-0.05, 0) is 12.0 Å². The van der Waals surface area contributed by atoms with E-state index in [1.165, 1.54) is 19.2 Å². The molecule has 2 atom stereocenters. The Morgan fingerprint density at radius 1 is 1.05 bits per heavy atom. The van der Waals surface area contributed by atoms with Crippen molar-refractivity contribution in [2.24, 2.45) is 0 Å². The van der Waals surface area contributed by atoms with Gasteiger partial charge in [0.05, 0.1) is 6.20 Å². The van der Waals surface area contributed by atoms with Gasteiger partial charge in [0.2, 0.25) is 11.8 Å². The predicted octanol–water partition coefficient (Wildman–Crippen LogP) is 2.44. The second-order valence-electron chi connectivity index (χ2n) is 9.23. The predicted molar refractivity (Wildman–Crippen MR) is 140 cm³/mol. The van der Waals surface area contributed by atoms with Crippen LogP contribution in [0, 0.1) is 0 Å². The highest BCUT2D eigenvalue weighted by atomic mass is 19.4. The van der Waals surface area contributed by atoms with E-state index in [4.69, 9.17) is 4.74 Å². The van der Waals surface area contributed by atoms with Gasteiger partial charge in [-0.2, -0.15) is 13.2 Å². The van der Waals surface area contributed by atoms with Crippen LogP contribution in [0.3, 0.4) is 0 Å². The number of Topliss-reactive ketones (excluding diaryl/α,β-unsaturated/α-hetero) is 1. The van der Waals surface area contributed by atoms with Crippen molar-refractivity contribution in [1.82, 2.24) is 14.9 Å². The first-order chi connectivity index (χ1) is 19.5. The first-order valence-corrected chi connectivity index (χ1v) is 12.5. The number of amides is 3. The summed E-state index contributed by atoms with van der Waals surface area (Å²) in [7, 11) is 1.28. The van der Waals surface area contributed by atoms with Crippen molar-refractivity contribution >= 4 is 29.2 Å². The molecule has 0 saturated carbocycles. The van der Waals surface area contributed by atoms with E-state index in [0.717, 1.165) is 10.8 Å². The summed E-state index contributed by atoms with van der Waals surface area (Å²) in [6.07, 6.45) is -5.60. The van der Waals surface area contributed by atoms with Gasteiger partial charge >= 0.3 is 6.18 Å². The maximum atomic E-state index is 13.7. The molecule has 2 unspecified atom stereocenters. The molecule has 0 radical (unpaired) electrons. The minimum absolute atomic E-state index is 0.0449. The normalized spacial score (nSPS) is 16.4. The maximum absolute atomic E-state index is 13.7. The van der Waals surface area contributed by atoms with Gasteiger partial charge in [-0.25, -0.2) is 9.88 Å². The molecule has 41 heavy (non-hydrogen) atoms. The fourth-order valence-corrected chi connectivity index (χ4v) is 4.47. The van der Waals surface area contributed by atoms with Crippen LogP contribution in [0.2, 0.25) is 0 Å². The monoisotopic (exact) mass is 570 g/mol. The van der Waals surface area contributed by atoms with E-state index in [1.807, 2.05) is 0 Å². The zero-order valence-corrected chi connectivity index (χ0v) is 21.8. The summed E-state index contributed by atoms with van der Waals surface area (Å²) in [5.41, 5.74) is -0.658. The molecule has 0 bridgehead atoms. The molecule has 2 heterocycles. The number of methoxy groups -OCH3 is 1. The van der Waals surface area contributed by atoms with Crippen molar-refractivity contribution in [3.63, 3.8) is 0 Å². The van der Waals surface area contributed by atoms with E-state index < -0.39 is 66.0 Å². The molecular formula is C28H25F3N4O6. The quantitative estimate of drug-likeness (QED) is 0.392. The molecule has 0 spiro atoms. The van der Waals surface area contributed by atoms with Crippen molar-refractivity contribution in [2.45, 2.75) is 44.1 Å². The lowest BCUT2D eigenvalue weighted by molar-refractivity contribution is -0.173. The van der Waals surface area contributed by atoms with Crippen LogP contribution in [0.15, 0.2) is 71.7 Å². The number of hydrogen-bond acceptors (Lipinski definition) is 7. The molecule has 1 aliphatic heterocycles. The Bertz CT molecular complexity index is 1510. The van der Waals surface area contributed by atoms with Crippen molar-refractivity contribution in [2.75, 3.05) is 12.0 Å². The zero-order chi connectivity index (χ0) is 29.7. The highest BCUT2D eigenvalue weighted by molar-refractivity contribution is 6.17. The topological polar surface area (TPSA) is 128 Å². The molecule has 1 aromatic heterocycles. The van der Waals surface area contributed by atoms with Crippen molar-refractivity contribution < 1.29 is 37.1 Å². The number of halogens is 3. The smallest absolute Gasteiger partial charge is 0.372 e. The molecule has 1 fully saturated rings. The molecule has 1 aliphatic rings. The minimum atomic E-state index is -5.23. The molecule has 4 rings (SSSR count). The van der Waals surface area contributed by atoms with Gasteiger partial charge in [0.1, 0.15) is 30.2 Å². The molecule has 1 saturated heterocycles. The average molecular weight is 571 g/mol. The van der Waals surface area contributed by atoms with E-state index in [-0.39, 0.29) is 18.7 Å². The lowest BCUT2D eigenvalue weighted by Crippen LogP contribution is -2.52. The standard InChI is InChI=1S/C28H25F3N4O6/c1-41-21-12-13-23(37)35(27(21)40)20-15-32-25(18-10-6-3-7-11-18)34(26(20)39)16-22(36)33-19(24(38)28(29,30)31)14-17-8-4-2-5-9-17/h2-11,15,19,21H,12-14,16H2,1H3,(H,33,36). The molecule has 3 amide bonds. The van der Waals surface area contributed by atoms with Gasteiger partial charge in [-0.1, -0.05) is 60.7 Å². The van der Waals surface area contributed by atoms with Gasteiger partial charge in [0.25, 0.3) is 17.2 Å². The van der Waals surface area contributed by atoms with E-state index in [1.54, 1.807) is 48.5 Å². The number of hydrogen-bond donors (Lipinski definition) is 1. The number of anilines is 1. The molecule has 1 N–H and O–H groups in total. The number of rotatable bonds is 9. The van der Waals surface area contributed by atoms with Crippen molar-refractivity contribution in [3.8, 4) is 11.4 Å². The summed E-state index contributed by atoms with van der Waals surface area (Å²) in [6.45, 7) is -0.857. The number of ketones is 1. The highest BCUT2D eigenvalue weighted by Gasteiger charge is 2.44. The van der Waals surface area contributed by atoms with E-state index in [0.29, 0.717) is 16.0 Å². The Morgan fingerprint density at radius 3 is 2.29 bits per heavy atom. The molecule has 214 valence electrons. The number of alkyl halides is 3. The van der Waals surface area contributed by atoms with Crippen LogP contribution in [0.4, 0.5) is 18.9 Å². The summed E-state index contributed by atoms with van der Waals surface area (Å²) < 4.78 is 46.1. The molecule has 0 aliphatic carbocycles. The number of nitrogens with one attached hydrogen (secondary N) is 1. The molecular weight excluding hydrogens is 545 g/mol. The van der Waals surface area contributed by atoms with Crippen LogP contribution in [-0.2, 0) is 36.9 Å². The second kappa shape index (κ2) is 12.3. The summed E-state index contributed by atoms with van der Waals surface area (Å²) in [6, 6.07) is 14.0. The van der Waals surface area contributed by atoms with Crippen LogP contribution in [-0.4, -0.2) is 58.5 Å². The molecule has 3 aromatic rings. The molecule has 13 heteroatoms. The third-order valence-electron chi connectivity index (χ3n) is 6.47. The van der Waals surface area contributed by atoms with Gasteiger partial charge < -0.3 is 10.1 Å². The summed E-state index contributed by atoms with van der Waals surface area (Å²) >= 11 is 0. The summed E-state index contributed by atoms with van der Waals surface area (Å²) in [5.74, 6) is -4.76. The fourth-order valence-electron chi connectivity index (χ4n) is 4.47. The van der Waals surface area contributed by atoms with Crippen molar-refractivity contribution in [3.05, 3.63) is 82.8 Å².